The molecule has 0 spiro atoms. The summed E-state index contributed by atoms with van der Waals surface area (Å²) in [6.45, 7) is 1.38. The number of nitrogens with one attached hydrogen (secondary N) is 1. The largest absolute Gasteiger partial charge is 0.493 e. The second-order valence-electron chi connectivity index (χ2n) is 5.10. The second kappa shape index (κ2) is 9.64. The Bertz CT molecular complexity index is 722. The number of methoxy groups -OCH3 is 2. The first-order chi connectivity index (χ1) is 12.1. The SMILES string of the molecule is COc1ccc(CN=C(N)NCCOc2ccccc2Cl)cc1OC. The van der Waals surface area contributed by atoms with Crippen LogP contribution in [-0.4, -0.2) is 33.3 Å². The predicted molar refractivity (Wildman–Crippen MR) is 99.8 cm³/mol. The molecule has 0 aliphatic rings. The first-order valence-electron chi connectivity index (χ1n) is 7.76. The molecular weight excluding hydrogens is 342 g/mol. The second-order valence-corrected chi connectivity index (χ2v) is 5.50. The molecule has 0 unspecified atom stereocenters. The summed E-state index contributed by atoms with van der Waals surface area (Å²) < 4.78 is 16.0. The molecular formula is C18H22ClN3O3. The monoisotopic (exact) mass is 363 g/mol. The maximum absolute atomic E-state index is 6.02. The standard InChI is InChI=1S/C18H22ClN3O3/c1-23-16-8-7-13(11-17(16)24-2)12-22-18(20)21-9-10-25-15-6-4-3-5-14(15)19/h3-8,11H,9-10,12H2,1-2H3,(H3,20,21,22). The van der Waals surface area contributed by atoms with Crippen molar-refractivity contribution in [3.63, 3.8) is 0 Å². The van der Waals surface area contributed by atoms with Gasteiger partial charge in [-0.1, -0.05) is 29.8 Å². The molecule has 0 aliphatic heterocycles. The molecule has 3 N–H and O–H groups in total. The molecule has 0 aromatic heterocycles. The van der Waals surface area contributed by atoms with E-state index in [0.29, 0.717) is 47.9 Å². The third kappa shape index (κ3) is 5.76. The van der Waals surface area contributed by atoms with E-state index in [1.165, 1.54) is 0 Å². The van der Waals surface area contributed by atoms with Crippen molar-refractivity contribution in [1.29, 1.82) is 0 Å². The Kier molecular flexibility index (Phi) is 7.22. The van der Waals surface area contributed by atoms with Crippen LogP contribution in [0.15, 0.2) is 47.5 Å². The molecule has 0 amide bonds. The average molecular weight is 364 g/mol. The van der Waals surface area contributed by atoms with Crippen LogP contribution in [0.4, 0.5) is 0 Å². The van der Waals surface area contributed by atoms with Gasteiger partial charge >= 0.3 is 0 Å². The van der Waals surface area contributed by atoms with Gasteiger partial charge in [-0.05, 0) is 29.8 Å². The number of aliphatic imine (C=N–C) groups is 1. The molecule has 7 heteroatoms. The number of rotatable bonds is 8. The van der Waals surface area contributed by atoms with Gasteiger partial charge in [0.25, 0.3) is 0 Å². The minimum absolute atomic E-state index is 0.345. The van der Waals surface area contributed by atoms with Crippen LogP contribution >= 0.6 is 11.6 Å². The van der Waals surface area contributed by atoms with Gasteiger partial charge < -0.3 is 25.3 Å². The maximum atomic E-state index is 6.02. The molecule has 0 radical (unpaired) electrons. The molecule has 0 bridgehead atoms. The number of nitrogens with two attached hydrogens (primary N) is 1. The summed E-state index contributed by atoms with van der Waals surface area (Å²) in [5.74, 6) is 2.33. The average Bonchev–Trinajstić information content (AvgIpc) is 2.64. The Morgan fingerprint density at radius 2 is 1.84 bits per heavy atom. The van der Waals surface area contributed by atoms with Crippen LogP contribution in [0.5, 0.6) is 17.2 Å². The first-order valence-corrected chi connectivity index (χ1v) is 8.14. The van der Waals surface area contributed by atoms with Crippen molar-refractivity contribution in [3.05, 3.63) is 53.1 Å². The molecule has 134 valence electrons. The quantitative estimate of drug-likeness (QED) is 0.428. The normalized spacial score (nSPS) is 11.1. The van der Waals surface area contributed by atoms with E-state index in [9.17, 15) is 0 Å². The Morgan fingerprint density at radius 1 is 1.08 bits per heavy atom. The van der Waals surface area contributed by atoms with E-state index in [-0.39, 0.29) is 0 Å². The molecule has 25 heavy (non-hydrogen) atoms. The van der Waals surface area contributed by atoms with Crippen molar-refractivity contribution in [2.75, 3.05) is 27.4 Å². The summed E-state index contributed by atoms with van der Waals surface area (Å²) in [6.07, 6.45) is 0. The van der Waals surface area contributed by atoms with Crippen LogP contribution in [0, 0.1) is 0 Å². The molecule has 2 aromatic rings. The summed E-state index contributed by atoms with van der Waals surface area (Å²) in [5.41, 5.74) is 6.83. The fourth-order valence-electron chi connectivity index (χ4n) is 2.11. The van der Waals surface area contributed by atoms with E-state index in [1.807, 2.05) is 36.4 Å². The Labute approximate surface area is 152 Å². The van der Waals surface area contributed by atoms with Crippen LogP contribution in [0.3, 0.4) is 0 Å². The van der Waals surface area contributed by atoms with Crippen molar-refractivity contribution in [2.24, 2.45) is 10.7 Å². The summed E-state index contributed by atoms with van der Waals surface area (Å²) in [7, 11) is 3.20. The van der Waals surface area contributed by atoms with Crippen LogP contribution < -0.4 is 25.3 Å². The molecule has 0 saturated heterocycles. The van der Waals surface area contributed by atoms with E-state index in [2.05, 4.69) is 10.3 Å². The topological polar surface area (TPSA) is 78.1 Å². The van der Waals surface area contributed by atoms with Crippen molar-refractivity contribution in [3.8, 4) is 17.2 Å². The van der Waals surface area contributed by atoms with Gasteiger partial charge in [-0.2, -0.15) is 0 Å². The number of halogens is 1. The zero-order valence-electron chi connectivity index (χ0n) is 14.3. The van der Waals surface area contributed by atoms with Gasteiger partial charge in [-0.15, -0.1) is 0 Å². The van der Waals surface area contributed by atoms with Crippen LogP contribution in [0.2, 0.25) is 5.02 Å². The lowest BCUT2D eigenvalue weighted by atomic mass is 10.2. The fourth-order valence-corrected chi connectivity index (χ4v) is 2.30. The van der Waals surface area contributed by atoms with Gasteiger partial charge in [0, 0.05) is 0 Å². The zero-order chi connectivity index (χ0) is 18.1. The lowest BCUT2D eigenvalue weighted by Gasteiger charge is -2.10. The third-order valence-electron chi connectivity index (χ3n) is 3.38. The molecule has 2 aromatic carbocycles. The van der Waals surface area contributed by atoms with E-state index in [0.717, 1.165) is 5.56 Å². The number of hydrogen-bond donors (Lipinski definition) is 2. The van der Waals surface area contributed by atoms with E-state index in [4.69, 9.17) is 31.5 Å². The van der Waals surface area contributed by atoms with Crippen molar-refractivity contribution < 1.29 is 14.2 Å². The number of hydrogen-bond acceptors (Lipinski definition) is 4. The highest BCUT2D eigenvalue weighted by atomic mass is 35.5. The highest BCUT2D eigenvalue weighted by Gasteiger charge is 2.04. The third-order valence-corrected chi connectivity index (χ3v) is 3.69. The molecule has 0 saturated carbocycles. The molecule has 0 atom stereocenters. The predicted octanol–water partition coefficient (Wildman–Crippen LogP) is 2.84. The minimum Gasteiger partial charge on any atom is -0.493 e. The lowest BCUT2D eigenvalue weighted by molar-refractivity contribution is 0.322. The number of guanidine groups is 1. The minimum atomic E-state index is 0.345. The molecule has 0 aliphatic carbocycles. The Balaban J connectivity index is 1.79. The Hall–Kier alpha value is -2.60. The van der Waals surface area contributed by atoms with Gasteiger partial charge in [0.15, 0.2) is 17.5 Å². The van der Waals surface area contributed by atoms with Gasteiger partial charge in [0.05, 0.1) is 32.3 Å². The fraction of sp³-hybridized carbons (Fsp3) is 0.278. The lowest BCUT2D eigenvalue weighted by Crippen LogP contribution is -2.34. The maximum Gasteiger partial charge on any atom is 0.189 e. The van der Waals surface area contributed by atoms with Crippen molar-refractivity contribution >= 4 is 17.6 Å². The highest BCUT2D eigenvalue weighted by Crippen LogP contribution is 2.27. The smallest absolute Gasteiger partial charge is 0.189 e. The van der Waals surface area contributed by atoms with E-state index in [1.54, 1.807) is 20.3 Å². The number of para-hydroxylation sites is 1. The van der Waals surface area contributed by atoms with Crippen molar-refractivity contribution in [1.82, 2.24) is 5.32 Å². The highest BCUT2D eigenvalue weighted by molar-refractivity contribution is 6.32. The first kappa shape index (κ1) is 18.7. The number of ether oxygens (including phenoxy) is 3. The summed E-state index contributed by atoms with van der Waals surface area (Å²) in [6, 6.07) is 12.9. The van der Waals surface area contributed by atoms with Crippen LogP contribution in [-0.2, 0) is 6.54 Å². The van der Waals surface area contributed by atoms with E-state index >= 15 is 0 Å². The summed E-state index contributed by atoms with van der Waals surface area (Å²) in [5, 5.41) is 3.58. The Morgan fingerprint density at radius 3 is 2.56 bits per heavy atom. The molecule has 2 rings (SSSR count). The zero-order valence-corrected chi connectivity index (χ0v) is 15.0. The van der Waals surface area contributed by atoms with E-state index < -0.39 is 0 Å². The van der Waals surface area contributed by atoms with Crippen LogP contribution in [0.1, 0.15) is 5.56 Å². The number of nitrogens with zero attached hydrogens (tertiary/aromatic N) is 1. The molecule has 6 nitrogen and oxygen atoms in total. The van der Waals surface area contributed by atoms with Gasteiger partial charge in [0.2, 0.25) is 0 Å². The van der Waals surface area contributed by atoms with Gasteiger partial charge in [-0.3, -0.25) is 0 Å². The summed E-state index contributed by atoms with van der Waals surface area (Å²) >= 11 is 6.02. The molecule has 0 heterocycles. The van der Waals surface area contributed by atoms with Gasteiger partial charge in [0.1, 0.15) is 12.4 Å². The van der Waals surface area contributed by atoms with Gasteiger partial charge in [-0.25, -0.2) is 4.99 Å². The number of benzene rings is 2. The summed E-state index contributed by atoms with van der Waals surface area (Å²) in [4.78, 5) is 4.29. The molecule has 0 fully saturated rings. The van der Waals surface area contributed by atoms with Crippen molar-refractivity contribution in [2.45, 2.75) is 6.54 Å². The van der Waals surface area contributed by atoms with Crippen LogP contribution in [0.25, 0.3) is 0 Å².